The normalized spacial score (nSPS) is 11.7. The van der Waals surface area contributed by atoms with Gasteiger partial charge in [-0.1, -0.05) is 46.9 Å². The van der Waals surface area contributed by atoms with Gasteiger partial charge in [0.1, 0.15) is 11.3 Å². The molecule has 1 atom stereocenters. The number of amides is 1. The number of esters is 1. The first kappa shape index (κ1) is 18.4. The fraction of sp³-hybridized carbons (Fsp3) is 0.125. The fourth-order valence-electron chi connectivity index (χ4n) is 1.78. The lowest BCUT2D eigenvalue weighted by molar-refractivity contribution is -0.123. The van der Waals surface area contributed by atoms with Crippen molar-refractivity contribution in [3.8, 4) is 5.75 Å². The van der Waals surface area contributed by atoms with Crippen LogP contribution in [0.5, 0.6) is 5.75 Å². The number of nitrogens with one attached hydrogen (secondary N) is 1. The fourth-order valence-corrected chi connectivity index (χ4v) is 2.37. The van der Waals surface area contributed by atoms with Gasteiger partial charge in [0, 0.05) is 0 Å². The molecule has 126 valence electrons. The second kappa shape index (κ2) is 7.75. The van der Waals surface area contributed by atoms with Crippen molar-refractivity contribution in [3.63, 3.8) is 0 Å². The first-order valence-electron chi connectivity index (χ1n) is 6.74. The maximum atomic E-state index is 12.1. The molecule has 0 aliphatic heterocycles. The van der Waals surface area contributed by atoms with Crippen molar-refractivity contribution < 1.29 is 19.4 Å². The predicted octanol–water partition coefficient (Wildman–Crippen LogP) is 4.54. The average molecular weight is 389 g/mol. The van der Waals surface area contributed by atoms with Crippen LogP contribution in [0.25, 0.3) is 0 Å². The Morgan fingerprint density at radius 3 is 2.38 bits per heavy atom. The van der Waals surface area contributed by atoms with Crippen molar-refractivity contribution in [2.24, 2.45) is 0 Å². The Balaban J connectivity index is 2.06. The Labute approximate surface area is 153 Å². The Kier molecular flexibility index (Phi) is 5.94. The highest BCUT2D eigenvalue weighted by Crippen LogP contribution is 2.32. The average Bonchev–Trinajstić information content (AvgIpc) is 2.52. The van der Waals surface area contributed by atoms with Gasteiger partial charge in [0.2, 0.25) is 0 Å². The van der Waals surface area contributed by atoms with Gasteiger partial charge in [-0.05, 0) is 31.2 Å². The highest BCUT2D eigenvalue weighted by atomic mass is 35.5. The molecule has 8 heteroatoms. The largest absolute Gasteiger partial charge is 0.507 e. The summed E-state index contributed by atoms with van der Waals surface area (Å²) in [6.07, 6.45) is -1.12. The molecule has 1 unspecified atom stereocenters. The van der Waals surface area contributed by atoms with E-state index in [1.807, 2.05) is 0 Å². The number of hydrogen-bond acceptors (Lipinski definition) is 4. The molecule has 0 aliphatic carbocycles. The monoisotopic (exact) mass is 387 g/mol. The minimum absolute atomic E-state index is 0.0373. The quantitative estimate of drug-likeness (QED) is 0.596. The van der Waals surface area contributed by atoms with E-state index in [-0.39, 0.29) is 32.1 Å². The lowest BCUT2D eigenvalue weighted by atomic mass is 10.2. The number of rotatable bonds is 4. The second-order valence-electron chi connectivity index (χ2n) is 4.80. The van der Waals surface area contributed by atoms with Crippen LogP contribution in [-0.4, -0.2) is 23.1 Å². The van der Waals surface area contributed by atoms with Crippen LogP contribution in [0.4, 0.5) is 5.69 Å². The Hall–Kier alpha value is -1.95. The smallest absolute Gasteiger partial charge is 0.342 e. The zero-order valence-corrected chi connectivity index (χ0v) is 14.6. The van der Waals surface area contributed by atoms with Crippen molar-refractivity contribution in [2.45, 2.75) is 13.0 Å². The number of carbonyl (C=O) groups is 2. The van der Waals surface area contributed by atoms with Crippen molar-refractivity contribution in [2.75, 3.05) is 5.32 Å². The third-order valence-corrected chi connectivity index (χ3v) is 4.08. The summed E-state index contributed by atoms with van der Waals surface area (Å²) in [6.45, 7) is 1.39. The summed E-state index contributed by atoms with van der Waals surface area (Å²) < 4.78 is 5.03. The van der Waals surface area contributed by atoms with Crippen LogP contribution in [0.2, 0.25) is 15.1 Å². The number of phenolic OH excluding ortho intramolecular Hbond substituents is 1. The Morgan fingerprint density at radius 1 is 1.08 bits per heavy atom. The van der Waals surface area contributed by atoms with Crippen LogP contribution in [0, 0.1) is 0 Å². The first-order valence-corrected chi connectivity index (χ1v) is 7.87. The van der Waals surface area contributed by atoms with Gasteiger partial charge in [-0.15, -0.1) is 0 Å². The predicted molar refractivity (Wildman–Crippen MR) is 93.1 cm³/mol. The van der Waals surface area contributed by atoms with Crippen LogP contribution >= 0.6 is 34.8 Å². The molecule has 0 fully saturated rings. The van der Waals surface area contributed by atoms with Crippen molar-refractivity contribution in [1.82, 2.24) is 0 Å². The van der Waals surface area contributed by atoms with E-state index in [9.17, 15) is 14.7 Å². The molecule has 0 saturated carbocycles. The molecular formula is C16H12Cl3NO4. The summed E-state index contributed by atoms with van der Waals surface area (Å²) in [6, 6.07) is 8.64. The van der Waals surface area contributed by atoms with Gasteiger partial charge in [0.15, 0.2) is 6.10 Å². The third-order valence-electron chi connectivity index (χ3n) is 3.04. The van der Waals surface area contributed by atoms with Crippen LogP contribution < -0.4 is 5.32 Å². The minimum Gasteiger partial charge on any atom is -0.507 e. The third kappa shape index (κ3) is 4.32. The molecule has 2 aromatic carbocycles. The molecule has 24 heavy (non-hydrogen) atoms. The molecule has 2 rings (SSSR count). The Bertz CT molecular complexity index is 795. The molecule has 5 nitrogen and oxygen atoms in total. The number of anilines is 1. The molecule has 0 saturated heterocycles. The van der Waals surface area contributed by atoms with E-state index >= 15 is 0 Å². The number of benzene rings is 2. The topological polar surface area (TPSA) is 75.6 Å². The molecule has 0 heterocycles. The summed E-state index contributed by atoms with van der Waals surface area (Å²) in [7, 11) is 0. The van der Waals surface area contributed by atoms with Gasteiger partial charge >= 0.3 is 5.97 Å². The standard InChI is InChI=1S/C16H12Cl3NO4/c1-8(24-16(23)9-4-2-3-5-14(9)21)15(22)20-13-7-11(18)10(17)6-12(13)19/h2-8,21H,1H3,(H,20,22). The lowest BCUT2D eigenvalue weighted by Crippen LogP contribution is -2.30. The summed E-state index contributed by atoms with van der Waals surface area (Å²) in [5, 5.41) is 12.8. The number of para-hydroxylation sites is 1. The van der Waals surface area contributed by atoms with E-state index in [4.69, 9.17) is 39.5 Å². The van der Waals surface area contributed by atoms with Crippen LogP contribution in [0.1, 0.15) is 17.3 Å². The molecule has 0 aliphatic rings. The number of halogens is 3. The van der Waals surface area contributed by atoms with E-state index in [0.717, 1.165) is 0 Å². The summed E-state index contributed by atoms with van der Waals surface area (Å²) in [5.74, 6) is -1.67. The summed E-state index contributed by atoms with van der Waals surface area (Å²) >= 11 is 17.7. The number of aromatic hydroxyl groups is 1. The van der Waals surface area contributed by atoms with E-state index in [2.05, 4.69) is 5.32 Å². The summed E-state index contributed by atoms with van der Waals surface area (Å²) in [4.78, 5) is 24.1. The molecule has 2 N–H and O–H groups in total. The highest BCUT2D eigenvalue weighted by Gasteiger charge is 2.21. The molecule has 0 radical (unpaired) electrons. The first-order chi connectivity index (χ1) is 11.3. The van der Waals surface area contributed by atoms with Crippen LogP contribution in [-0.2, 0) is 9.53 Å². The lowest BCUT2D eigenvalue weighted by Gasteiger charge is -2.15. The van der Waals surface area contributed by atoms with Gasteiger partial charge in [0.05, 0.1) is 20.8 Å². The SMILES string of the molecule is CC(OC(=O)c1ccccc1O)C(=O)Nc1cc(Cl)c(Cl)cc1Cl. The molecule has 0 bridgehead atoms. The van der Waals surface area contributed by atoms with Gasteiger partial charge in [0.25, 0.3) is 5.91 Å². The van der Waals surface area contributed by atoms with Crippen molar-refractivity contribution >= 4 is 52.4 Å². The molecule has 1 amide bonds. The maximum absolute atomic E-state index is 12.1. The van der Waals surface area contributed by atoms with Gasteiger partial charge in [-0.2, -0.15) is 0 Å². The number of phenols is 1. The van der Waals surface area contributed by atoms with E-state index in [0.29, 0.717) is 0 Å². The van der Waals surface area contributed by atoms with E-state index in [1.165, 1.54) is 31.2 Å². The van der Waals surface area contributed by atoms with Crippen molar-refractivity contribution in [1.29, 1.82) is 0 Å². The zero-order chi connectivity index (χ0) is 17.9. The maximum Gasteiger partial charge on any atom is 0.342 e. The molecule has 0 spiro atoms. The second-order valence-corrected chi connectivity index (χ2v) is 6.02. The van der Waals surface area contributed by atoms with Crippen LogP contribution in [0.3, 0.4) is 0 Å². The van der Waals surface area contributed by atoms with Gasteiger partial charge < -0.3 is 15.2 Å². The Morgan fingerprint density at radius 2 is 1.71 bits per heavy atom. The zero-order valence-electron chi connectivity index (χ0n) is 12.3. The summed E-state index contributed by atoms with van der Waals surface area (Å²) in [5.41, 5.74) is 0.200. The molecular weight excluding hydrogens is 377 g/mol. The molecule has 2 aromatic rings. The number of hydrogen-bond donors (Lipinski definition) is 2. The highest BCUT2D eigenvalue weighted by molar-refractivity contribution is 6.44. The van der Waals surface area contributed by atoms with Gasteiger partial charge in [-0.3, -0.25) is 4.79 Å². The van der Waals surface area contributed by atoms with Crippen LogP contribution in [0.15, 0.2) is 36.4 Å². The minimum atomic E-state index is -1.12. The number of carbonyl (C=O) groups excluding carboxylic acids is 2. The van der Waals surface area contributed by atoms with Gasteiger partial charge in [-0.25, -0.2) is 4.79 Å². The number of ether oxygens (including phenoxy) is 1. The molecule has 0 aromatic heterocycles. The van der Waals surface area contributed by atoms with Crippen molar-refractivity contribution in [3.05, 3.63) is 57.0 Å². The van der Waals surface area contributed by atoms with E-state index < -0.39 is 18.0 Å². The van der Waals surface area contributed by atoms with E-state index in [1.54, 1.807) is 12.1 Å².